The first-order valence-corrected chi connectivity index (χ1v) is 38.4. The molecule has 2 aromatic heterocycles. The molecule has 15 aromatic rings. The van der Waals surface area contributed by atoms with Gasteiger partial charge >= 0.3 is 0 Å². The molecule has 105 heavy (non-hydrogen) atoms. The van der Waals surface area contributed by atoms with Gasteiger partial charge in [-0.3, -0.25) is 0 Å². The van der Waals surface area contributed by atoms with Crippen LogP contribution in [0.4, 0.5) is 34.1 Å². The monoisotopic (exact) mass is 1360 g/mol. The quantitative estimate of drug-likeness (QED) is 0.148. The van der Waals surface area contributed by atoms with Crippen LogP contribution >= 0.6 is 0 Å². The highest BCUT2D eigenvalue weighted by molar-refractivity contribution is 7.00. The van der Waals surface area contributed by atoms with Gasteiger partial charge in [0.05, 0.1) is 22.1 Å². The van der Waals surface area contributed by atoms with Crippen molar-refractivity contribution in [3.8, 4) is 44.8 Å². The summed E-state index contributed by atoms with van der Waals surface area (Å²) in [5.74, 6) is 0. The molecule has 2 aliphatic carbocycles. The number of benzene rings is 13. The number of hydrogen-bond acceptors (Lipinski definition) is 2. The zero-order valence-electron chi connectivity index (χ0n) is 63.5. The third-order valence-corrected chi connectivity index (χ3v) is 25.4. The molecular weight excluding hydrogens is 1270 g/mol. The molecule has 4 aliphatic rings. The summed E-state index contributed by atoms with van der Waals surface area (Å²) in [4.78, 5) is 5.28. The lowest BCUT2D eigenvalue weighted by molar-refractivity contribution is 0.332. The van der Waals surface area contributed by atoms with E-state index in [0.717, 1.165) is 39.7 Å². The van der Waals surface area contributed by atoms with Gasteiger partial charge in [-0.1, -0.05) is 261 Å². The number of nitrogens with zero attached hydrogens (tertiary/aromatic N) is 4. The Labute approximate surface area is 620 Å². The highest BCUT2D eigenvalue weighted by Crippen LogP contribution is 2.53. The van der Waals surface area contributed by atoms with E-state index in [2.05, 4.69) is 377 Å². The maximum Gasteiger partial charge on any atom is 0.252 e. The molecule has 0 radical (unpaired) electrons. The first-order chi connectivity index (χ1) is 50.3. The average Bonchev–Trinajstić information content (AvgIpc) is 0.906. The van der Waals surface area contributed by atoms with Crippen LogP contribution in [0.3, 0.4) is 0 Å². The SMILES string of the molecule is CC(C)(C)c1ccc2c(c1)c1ccccc1n2-c1ccc2c(c1)N(c1ccc(-c3ccc4c(c3)C(C)(C)CCC4(C)C)cc1)c1cc(-c3cccc4ccccc34)cc3c1B2c1ccc(-n2c4ccccc4c4cc(C(C)(C)C)ccc42)cc1N3c1ccc(-c2ccc3c(c2)C(C)(C)CCC3(C)C)cc1. The lowest BCUT2D eigenvalue weighted by Crippen LogP contribution is -2.61. The van der Waals surface area contributed by atoms with Crippen molar-refractivity contribution in [1.29, 1.82) is 0 Å². The highest BCUT2D eigenvalue weighted by Gasteiger charge is 2.45. The Kier molecular flexibility index (Phi) is 14.2. The van der Waals surface area contributed by atoms with Crippen LogP contribution in [0, 0.1) is 0 Å². The standard InChI is InChI=1S/C100H93BN4/c1-95(2,3)68-36-48-88-78(58-68)76-25-17-19-28-86(76)104(88)72-42-46-84-90(60-72)102(70-38-30-62(31-39-70)65-34-44-80-82(54-65)99(11,12)52-50-97(80,7)8)92-56-67(75-27-21-23-64-22-15-16-24-74(64)75)57-93-94(92)101(84)85-47-43-73(105-87-29-20-18-26-77(87)79-59-69(96(4,5)6)37-49-89(79)105)61-91(85)103(93)71-40-32-63(33-41-71)66-35-45-81-83(55-66)100(13,14)53-51-98(81,9)10/h15-49,54-61H,50-53H2,1-14H3. The molecule has 5 heteroatoms. The number of rotatable bonds is 7. The summed E-state index contributed by atoms with van der Waals surface area (Å²) in [7, 11) is 0. The Hall–Kier alpha value is -10.6. The van der Waals surface area contributed by atoms with Crippen LogP contribution in [-0.4, -0.2) is 15.8 Å². The Morgan fingerprint density at radius 2 is 0.667 bits per heavy atom. The van der Waals surface area contributed by atoms with Gasteiger partial charge in [0.2, 0.25) is 0 Å². The van der Waals surface area contributed by atoms with Crippen molar-refractivity contribution >= 4 is 112 Å². The molecule has 4 heterocycles. The first kappa shape index (κ1) is 65.2. The highest BCUT2D eigenvalue weighted by atomic mass is 15.2. The Morgan fingerprint density at radius 3 is 1.11 bits per heavy atom. The fourth-order valence-electron chi connectivity index (χ4n) is 19.0. The largest absolute Gasteiger partial charge is 0.311 e. The molecule has 0 unspecified atom stereocenters. The molecule has 0 atom stereocenters. The molecule has 0 saturated heterocycles. The Balaban J connectivity index is 0.887. The minimum absolute atomic E-state index is 0.0171. The minimum atomic E-state index is -0.165. The Bertz CT molecular complexity index is 5790. The van der Waals surface area contributed by atoms with E-state index in [9.17, 15) is 0 Å². The van der Waals surface area contributed by atoms with E-state index in [4.69, 9.17) is 0 Å². The fraction of sp³-hybridized carbons (Fsp3) is 0.240. The normalized spacial score (nSPS) is 16.2. The molecule has 0 saturated carbocycles. The van der Waals surface area contributed by atoms with Gasteiger partial charge in [-0.2, -0.15) is 0 Å². The summed E-state index contributed by atoms with van der Waals surface area (Å²) in [6.45, 7) is 33.3. The molecule has 4 nitrogen and oxygen atoms in total. The lowest BCUT2D eigenvalue weighted by Gasteiger charge is -2.45. The van der Waals surface area contributed by atoms with Gasteiger partial charge < -0.3 is 18.9 Å². The number of para-hydroxylation sites is 2. The molecule has 13 aromatic carbocycles. The van der Waals surface area contributed by atoms with Crippen molar-refractivity contribution in [2.45, 2.75) is 155 Å². The molecule has 0 N–H and O–H groups in total. The average molecular weight is 1360 g/mol. The van der Waals surface area contributed by atoms with E-state index >= 15 is 0 Å². The molecule has 0 amide bonds. The topological polar surface area (TPSA) is 16.3 Å². The third kappa shape index (κ3) is 10.2. The predicted octanol–water partition coefficient (Wildman–Crippen LogP) is 25.4. The van der Waals surface area contributed by atoms with Gasteiger partial charge in [0, 0.05) is 67.0 Å². The molecule has 0 spiro atoms. The van der Waals surface area contributed by atoms with Crippen molar-refractivity contribution in [2.75, 3.05) is 9.80 Å². The van der Waals surface area contributed by atoms with Crippen LogP contribution < -0.4 is 26.2 Å². The zero-order valence-corrected chi connectivity index (χ0v) is 63.5. The fourth-order valence-corrected chi connectivity index (χ4v) is 19.0. The van der Waals surface area contributed by atoms with Gasteiger partial charge in [-0.25, -0.2) is 0 Å². The van der Waals surface area contributed by atoms with E-state index in [1.54, 1.807) is 0 Å². The summed E-state index contributed by atoms with van der Waals surface area (Å²) in [5.41, 5.74) is 34.0. The van der Waals surface area contributed by atoms with E-state index < -0.39 is 0 Å². The summed E-state index contributed by atoms with van der Waals surface area (Å²) in [6.07, 6.45) is 4.71. The second-order valence-corrected chi connectivity index (χ2v) is 35.9. The summed E-state index contributed by atoms with van der Waals surface area (Å²) in [5, 5.41) is 7.49. The maximum atomic E-state index is 2.64. The van der Waals surface area contributed by atoms with Crippen molar-refractivity contribution in [2.24, 2.45) is 0 Å². The van der Waals surface area contributed by atoms with Gasteiger partial charge in [0.1, 0.15) is 0 Å². The van der Waals surface area contributed by atoms with Gasteiger partial charge in [-0.15, -0.1) is 0 Å². The van der Waals surface area contributed by atoms with Crippen LogP contribution in [0.1, 0.15) is 156 Å². The van der Waals surface area contributed by atoms with E-state index in [1.807, 2.05) is 0 Å². The molecule has 19 rings (SSSR count). The number of fused-ring (bicyclic) bond motifs is 13. The Morgan fingerprint density at radius 1 is 0.286 bits per heavy atom. The molecule has 0 fully saturated rings. The van der Waals surface area contributed by atoms with Crippen molar-refractivity contribution in [3.05, 3.63) is 294 Å². The number of aromatic nitrogens is 2. The van der Waals surface area contributed by atoms with Crippen LogP contribution in [0.5, 0.6) is 0 Å². The number of anilines is 6. The van der Waals surface area contributed by atoms with Crippen LogP contribution in [0.25, 0.3) is 99.1 Å². The van der Waals surface area contributed by atoms with Crippen molar-refractivity contribution < 1.29 is 0 Å². The lowest BCUT2D eigenvalue weighted by atomic mass is 9.33. The van der Waals surface area contributed by atoms with Gasteiger partial charge in [0.15, 0.2) is 0 Å². The summed E-state index contributed by atoms with van der Waals surface area (Å²) < 4.78 is 5.05. The summed E-state index contributed by atoms with van der Waals surface area (Å²) >= 11 is 0. The number of hydrogen-bond donors (Lipinski definition) is 0. The first-order valence-electron chi connectivity index (χ1n) is 38.4. The van der Waals surface area contributed by atoms with Crippen molar-refractivity contribution in [1.82, 2.24) is 9.13 Å². The van der Waals surface area contributed by atoms with Crippen molar-refractivity contribution in [3.63, 3.8) is 0 Å². The molecule has 0 bridgehead atoms. The second kappa shape index (κ2) is 22.9. The molecule has 516 valence electrons. The smallest absolute Gasteiger partial charge is 0.252 e. The van der Waals surface area contributed by atoms with Crippen LogP contribution in [0.15, 0.2) is 261 Å². The maximum absolute atomic E-state index is 2.64. The minimum Gasteiger partial charge on any atom is -0.311 e. The van der Waals surface area contributed by atoms with Gasteiger partial charge in [0.25, 0.3) is 6.71 Å². The zero-order chi connectivity index (χ0) is 72.2. The molecule has 2 aliphatic heterocycles. The van der Waals surface area contributed by atoms with E-state index in [0.29, 0.717) is 0 Å². The molecular formula is C100H93BN4. The van der Waals surface area contributed by atoms with E-state index in [1.165, 1.54) is 169 Å². The summed E-state index contributed by atoms with van der Waals surface area (Å²) in [6, 6.07) is 102. The van der Waals surface area contributed by atoms with Gasteiger partial charge in [-0.05, 0) is 249 Å². The second-order valence-electron chi connectivity index (χ2n) is 35.9. The predicted molar refractivity (Wildman–Crippen MR) is 451 cm³/mol. The third-order valence-electron chi connectivity index (χ3n) is 25.4. The van der Waals surface area contributed by atoms with E-state index in [-0.39, 0.29) is 39.2 Å². The van der Waals surface area contributed by atoms with Crippen LogP contribution in [-0.2, 0) is 32.5 Å². The van der Waals surface area contributed by atoms with Crippen LogP contribution in [0.2, 0.25) is 0 Å².